The largest absolute Gasteiger partial charge is 0.464 e. The summed E-state index contributed by atoms with van der Waals surface area (Å²) < 4.78 is 5.54. The number of hydrogen-bond donors (Lipinski definition) is 1. The molecule has 2 nitrogen and oxygen atoms in total. The molecule has 0 fully saturated rings. The van der Waals surface area contributed by atoms with Gasteiger partial charge in [-0.3, -0.25) is 0 Å². The number of rotatable bonds is 2. The van der Waals surface area contributed by atoms with Crippen LogP contribution >= 0.6 is 0 Å². The van der Waals surface area contributed by atoms with Gasteiger partial charge in [-0.25, -0.2) is 0 Å². The lowest BCUT2D eigenvalue weighted by atomic mass is 10.0. The van der Waals surface area contributed by atoms with Gasteiger partial charge in [-0.05, 0) is 41.3 Å². The van der Waals surface area contributed by atoms with Crippen LogP contribution in [0.2, 0.25) is 0 Å². The number of fused-ring (bicyclic) bond motifs is 1. The second-order valence-electron chi connectivity index (χ2n) is 4.53. The third kappa shape index (κ3) is 1.81. The fourth-order valence-electron chi connectivity index (χ4n) is 2.22. The van der Waals surface area contributed by atoms with Crippen LogP contribution in [0.5, 0.6) is 0 Å². The van der Waals surface area contributed by atoms with Gasteiger partial charge in [0.05, 0.1) is 6.26 Å². The monoisotopic (exact) mass is 237 g/mol. The Hall–Kier alpha value is -2.06. The second-order valence-corrected chi connectivity index (χ2v) is 4.53. The summed E-state index contributed by atoms with van der Waals surface area (Å²) in [6, 6.07) is 14.6. The molecule has 3 rings (SSSR count). The Labute approximate surface area is 106 Å². The van der Waals surface area contributed by atoms with Crippen molar-refractivity contribution >= 4 is 11.0 Å². The van der Waals surface area contributed by atoms with E-state index in [2.05, 4.69) is 37.3 Å². The zero-order valence-electron chi connectivity index (χ0n) is 10.3. The van der Waals surface area contributed by atoms with Gasteiger partial charge in [0.25, 0.3) is 0 Å². The molecule has 0 aliphatic heterocycles. The Morgan fingerprint density at radius 1 is 1.06 bits per heavy atom. The molecule has 0 saturated heterocycles. The molecule has 2 N–H and O–H groups in total. The van der Waals surface area contributed by atoms with E-state index in [4.69, 9.17) is 10.2 Å². The molecule has 0 bridgehead atoms. The molecule has 2 heteroatoms. The fraction of sp³-hybridized carbons (Fsp3) is 0.125. The topological polar surface area (TPSA) is 39.2 Å². The van der Waals surface area contributed by atoms with Crippen molar-refractivity contribution in [2.75, 3.05) is 0 Å². The predicted octanol–water partition coefficient (Wildman–Crippen LogP) is 3.87. The molecule has 0 spiro atoms. The summed E-state index contributed by atoms with van der Waals surface area (Å²) in [6.07, 6.45) is 1.80. The fourth-order valence-corrected chi connectivity index (χ4v) is 2.22. The van der Waals surface area contributed by atoms with Gasteiger partial charge < -0.3 is 10.2 Å². The van der Waals surface area contributed by atoms with Crippen LogP contribution in [0.3, 0.4) is 0 Å². The molecule has 90 valence electrons. The van der Waals surface area contributed by atoms with E-state index in [-0.39, 0.29) is 0 Å². The Morgan fingerprint density at radius 2 is 1.89 bits per heavy atom. The molecule has 2 aromatic carbocycles. The van der Waals surface area contributed by atoms with Crippen molar-refractivity contribution < 1.29 is 4.42 Å². The minimum Gasteiger partial charge on any atom is -0.464 e. The van der Waals surface area contributed by atoms with E-state index in [1.54, 1.807) is 6.26 Å². The average molecular weight is 237 g/mol. The van der Waals surface area contributed by atoms with Crippen molar-refractivity contribution in [3.05, 3.63) is 59.9 Å². The van der Waals surface area contributed by atoms with Crippen LogP contribution in [-0.2, 0) is 6.54 Å². The number of aryl methyl sites for hydroxylation is 1. The first-order valence-electron chi connectivity index (χ1n) is 6.05. The summed E-state index contributed by atoms with van der Waals surface area (Å²) >= 11 is 0. The maximum absolute atomic E-state index is 5.67. The van der Waals surface area contributed by atoms with E-state index in [1.807, 2.05) is 12.1 Å². The van der Waals surface area contributed by atoms with Gasteiger partial charge in [0.2, 0.25) is 0 Å². The molecular weight excluding hydrogens is 222 g/mol. The van der Waals surface area contributed by atoms with Crippen LogP contribution in [0, 0.1) is 6.92 Å². The molecule has 1 heterocycles. The van der Waals surface area contributed by atoms with Crippen molar-refractivity contribution in [2.24, 2.45) is 5.73 Å². The van der Waals surface area contributed by atoms with Crippen LogP contribution in [-0.4, -0.2) is 0 Å². The quantitative estimate of drug-likeness (QED) is 0.735. The number of benzene rings is 2. The molecule has 0 saturated carbocycles. The maximum atomic E-state index is 5.67. The van der Waals surface area contributed by atoms with Crippen LogP contribution in [0.4, 0.5) is 0 Å². The normalized spacial score (nSPS) is 11.0. The van der Waals surface area contributed by atoms with Gasteiger partial charge in [-0.1, -0.05) is 30.3 Å². The molecule has 0 aliphatic rings. The van der Waals surface area contributed by atoms with Gasteiger partial charge >= 0.3 is 0 Å². The van der Waals surface area contributed by atoms with Crippen LogP contribution in [0.1, 0.15) is 11.1 Å². The van der Waals surface area contributed by atoms with Crippen molar-refractivity contribution in [2.45, 2.75) is 13.5 Å². The second kappa shape index (κ2) is 4.31. The van der Waals surface area contributed by atoms with Crippen LogP contribution < -0.4 is 5.73 Å². The number of hydrogen-bond acceptors (Lipinski definition) is 2. The zero-order chi connectivity index (χ0) is 12.5. The first kappa shape index (κ1) is 11.1. The van der Waals surface area contributed by atoms with Gasteiger partial charge in [-0.2, -0.15) is 0 Å². The molecule has 0 atom stereocenters. The lowest BCUT2D eigenvalue weighted by Gasteiger charge is -2.04. The summed E-state index contributed by atoms with van der Waals surface area (Å²) in [5, 5.41) is 1.17. The van der Waals surface area contributed by atoms with Crippen LogP contribution in [0.25, 0.3) is 22.1 Å². The standard InChI is InChI=1S/C16H15NO/c1-11-10-18-16-8-14(5-6-15(11)16)13-4-2-3-12(7-13)9-17/h2-8,10H,9,17H2,1H3. The Balaban J connectivity index is 2.13. The highest BCUT2D eigenvalue weighted by molar-refractivity contribution is 5.85. The highest BCUT2D eigenvalue weighted by Crippen LogP contribution is 2.27. The third-order valence-electron chi connectivity index (χ3n) is 3.27. The summed E-state index contributed by atoms with van der Waals surface area (Å²) in [4.78, 5) is 0. The lowest BCUT2D eigenvalue weighted by Crippen LogP contribution is -1.95. The highest BCUT2D eigenvalue weighted by Gasteiger charge is 2.04. The lowest BCUT2D eigenvalue weighted by molar-refractivity contribution is 0.613. The summed E-state index contributed by atoms with van der Waals surface area (Å²) in [6.45, 7) is 2.62. The van der Waals surface area contributed by atoms with E-state index in [1.165, 1.54) is 16.5 Å². The SMILES string of the molecule is Cc1coc2cc(-c3cccc(CN)c3)ccc12. The number of nitrogens with two attached hydrogens (primary N) is 1. The summed E-state index contributed by atoms with van der Waals surface area (Å²) in [5.74, 6) is 0. The van der Waals surface area contributed by atoms with Crippen molar-refractivity contribution in [3.63, 3.8) is 0 Å². The average Bonchev–Trinajstić information content (AvgIpc) is 2.80. The molecule has 0 radical (unpaired) electrons. The van der Waals surface area contributed by atoms with Gasteiger partial charge in [-0.15, -0.1) is 0 Å². The summed E-state index contributed by atoms with van der Waals surface area (Å²) in [5.41, 5.74) is 11.3. The smallest absolute Gasteiger partial charge is 0.134 e. The minimum absolute atomic E-state index is 0.565. The first-order valence-corrected chi connectivity index (χ1v) is 6.05. The Bertz CT molecular complexity index is 697. The van der Waals surface area contributed by atoms with E-state index in [9.17, 15) is 0 Å². The van der Waals surface area contributed by atoms with Gasteiger partial charge in [0.1, 0.15) is 5.58 Å². The van der Waals surface area contributed by atoms with E-state index < -0.39 is 0 Å². The van der Waals surface area contributed by atoms with Gasteiger partial charge in [0.15, 0.2) is 0 Å². The Morgan fingerprint density at radius 3 is 2.72 bits per heavy atom. The zero-order valence-corrected chi connectivity index (χ0v) is 10.3. The van der Waals surface area contributed by atoms with Crippen molar-refractivity contribution in [1.29, 1.82) is 0 Å². The van der Waals surface area contributed by atoms with E-state index >= 15 is 0 Å². The predicted molar refractivity (Wildman–Crippen MR) is 74.3 cm³/mol. The summed E-state index contributed by atoms with van der Waals surface area (Å²) in [7, 11) is 0. The molecule has 18 heavy (non-hydrogen) atoms. The first-order chi connectivity index (χ1) is 8.78. The van der Waals surface area contributed by atoms with Gasteiger partial charge in [0, 0.05) is 11.9 Å². The molecule has 0 aliphatic carbocycles. The Kier molecular flexibility index (Phi) is 2.65. The molecular formula is C16H15NO. The molecule has 0 unspecified atom stereocenters. The van der Waals surface area contributed by atoms with Crippen molar-refractivity contribution in [3.8, 4) is 11.1 Å². The van der Waals surface area contributed by atoms with E-state index in [0.717, 1.165) is 16.7 Å². The van der Waals surface area contributed by atoms with E-state index in [0.29, 0.717) is 6.54 Å². The molecule has 0 amide bonds. The molecule has 3 aromatic rings. The minimum atomic E-state index is 0.565. The maximum Gasteiger partial charge on any atom is 0.134 e. The number of furan rings is 1. The molecule has 1 aromatic heterocycles. The third-order valence-corrected chi connectivity index (χ3v) is 3.27. The van der Waals surface area contributed by atoms with Crippen LogP contribution in [0.15, 0.2) is 53.1 Å². The highest BCUT2D eigenvalue weighted by atomic mass is 16.3. The van der Waals surface area contributed by atoms with Crippen molar-refractivity contribution in [1.82, 2.24) is 0 Å².